The molecular formula is C47H57NO17. The van der Waals surface area contributed by atoms with Crippen molar-refractivity contribution in [1.29, 1.82) is 0 Å². The second kappa shape index (κ2) is 24.0. The zero-order valence-electron chi connectivity index (χ0n) is 37.4. The molecule has 3 aromatic carbocycles. The minimum atomic E-state index is -2.10. The van der Waals surface area contributed by atoms with Crippen molar-refractivity contribution in [1.82, 2.24) is 5.32 Å². The first-order valence-corrected chi connectivity index (χ1v) is 21.0. The molecule has 1 aliphatic carbocycles. The summed E-state index contributed by atoms with van der Waals surface area (Å²) in [7, 11) is 1.35. The van der Waals surface area contributed by atoms with Crippen LogP contribution in [0.4, 0.5) is 0 Å². The van der Waals surface area contributed by atoms with E-state index in [1.807, 2.05) is 36.4 Å². The highest BCUT2D eigenvalue weighted by molar-refractivity contribution is 5.69. The minimum absolute atomic E-state index is 0.00280. The van der Waals surface area contributed by atoms with E-state index in [0.717, 1.165) is 26.3 Å². The third-order valence-electron chi connectivity index (χ3n) is 10.6. The molecule has 5 rings (SSSR count). The van der Waals surface area contributed by atoms with Gasteiger partial charge in [0.05, 0.1) is 31.9 Å². The average molecular weight is 908 g/mol. The molecule has 1 saturated carbocycles. The lowest BCUT2D eigenvalue weighted by molar-refractivity contribution is -0.306. The summed E-state index contributed by atoms with van der Waals surface area (Å²) < 4.78 is 67.7. The maximum absolute atomic E-state index is 13.5. The van der Waals surface area contributed by atoms with Gasteiger partial charge in [-0.05, 0) is 16.7 Å². The number of hydrogen-bond donors (Lipinski definition) is 1. The number of nitrogens with one attached hydrogen (secondary N) is 1. The van der Waals surface area contributed by atoms with E-state index < -0.39 is 116 Å². The number of ether oxygens (including phenoxy) is 11. The highest BCUT2D eigenvalue weighted by atomic mass is 16.7. The first-order chi connectivity index (χ1) is 31.1. The van der Waals surface area contributed by atoms with Gasteiger partial charge in [0, 0.05) is 48.7 Å². The lowest BCUT2D eigenvalue weighted by atomic mass is 9.72. The Hall–Kier alpha value is -5.76. The molecule has 0 unspecified atom stereocenters. The first-order valence-electron chi connectivity index (χ1n) is 21.0. The molecule has 2 aliphatic rings. The molecule has 352 valence electrons. The number of esters is 6. The fourth-order valence-electron chi connectivity index (χ4n) is 7.99. The number of hydrogen-bond acceptors (Lipinski definition) is 18. The van der Waals surface area contributed by atoms with Crippen LogP contribution in [0.15, 0.2) is 91.0 Å². The molecule has 1 aliphatic heterocycles. The van der Waals surface area contributed by atoms with Crippen LogP contribution in [0, 0.1) is 0 Å². The Morgan fingerprint density at radius 2 is 0.985 bits per heavy atom. The van der Waals surface area contributed by atoms with E-state index >= 15 is 0 Å². The standard InChI is InChI=1S/C47H57NO17/c1-28(49)56-26-37-38(40(61-30(3)51)43(46(55-7)65-37)57-23-34-17-11-8-12-18-34)48-39-41(62-31(4)52)42(63-32(5)53)45(58-24-35-19-13-9-14-20-35)47(27-59-29(2)50,44(39)64-33(6)54)60-25-36-21-15-10-16-22-36/h8-22,37-46,48H,23-27H2,1-7H3/t37-,38-,39-,40+,41+,42-,43-,44+,45+,46-,47-/m1/s1. The van der Waals surface area contributed by atoms with Crippen molar-refractivity contribution in [2.24, 2.45) is 0 Å². The van der Waals surface area contributed by atoms with Gasteiger partial charge in [-0.15, -0.1) is 0 Å². The van der Waals surface area contributed by atoms with E-state index in [2.05, 4.69) is 5.32 Å². The van der Waals surface area contributed by atoms with Crippen LogP contribution in [-0.2, 0) is 101 Å². The van der Waals surface area contributed by atoms with E-state index in [0.29, 0.717) is 11.1 Å². The van der Waals surface area contributed by atoms with Crippen LogP contribution in [0.5, 0.6) is 0 Å². The first kappa shape index (κ1) is 50.2. The number of carbonyl (C=O) groups excluding carboxylic acids is 6. The summed E-state index contributed by atoms with van der Waals surface area (Å²) in [6.07, 6.45) is -11.4. The molecule has 0 aromatic heterocycles. The molecule has 1 saturated heterocycles. The van der Waals surface area contributed by atoms with Crippen LogP contribution < -0.4 is 5.32 Å². The average Bonchev–Trinajstić information content (AvgIpc) is 3.26. The Bertz CT molecular complexity index is 2040. The lowest BCUT2D eigenvalue weighted by Gasteiger charge is -2.56. The van der Waals surface area contributed by atoms with E-state index in [9.17, 15) is 28.8 Å². The maximum Gasteiger partial charge on any atom is 0.303 e. The molecule has 0 bridgehead atoms. The maximum atomic E-state index is 13.5. The molecule has 18 nitrogen and oxygen atoms in total. The molecule has 1 heterocycles. The van der Waals surface area contributed by atoms with E-state index in [1.165, 1.54) is 27.9 Å². The molecule has 1 N–H and O–H groups in total. The van der Waals surface area contributed by atoms with Gasteiger partial charge in [0.2, 0.25) is 0 Å². The quantitative estimate of drug-likeness (QED) is 0.126. The van der Waals surface area contributed by atoms with Gasteiger partial charge in [-0.25, -0.2) is 0 Å². The predicted octanol–water partition coefficient (Wildman–Crippen LogP) is 3.68. The lowest BCUT2D eigenvalue weighted by Crippen LogP contribution is -2.80. The van der Waals surface area contributed by atoms with Gasteiger partial charge in [-0.1, -0.05) is 91.0 Å². The van der Waals surface area contributed by atoms with Crippen LogP contribution in [0.1, 0.15) is 58.2 Å². The van der Waals surface area contributed by atoms with Crippen molar-refractivity contribution in [2.45, 2.75) is 128 Å². The van der Waals surface area contributed by atoms with Gasteiger partial charge in [-0.2, -0.15) is 0 Å². The monoisotopic (exact) mass is 907 g/mol. The summed E-state index contributed by atoms with van der Waals surface area (Å²) in [6.45, 7) is 5.47. The summed E-state index contributed by atoms with van der Waals surface area (Å²) >= 11 is 0. The molecule has 3 aromatic rings. The molecule has 18 heteroatoms. The largest absolute Gasteiger partial charge is 0.463 e. The zero-order valence-corrected chi connectivity index (χ0v) is 37.4. The second-order valence-electron chi connectivity index (χ2n) is 15.5. The van der Waals surface area contributed by atoms with E-state index in [1.54, 1.807) is 54.6 Å². The minimum Gasteiger partial charge on any atom is -0.463 e. The van der Waals surface area contributed by atoms with Crippen LogP contribution >= 0.6 is 0 Å². The summed E-state index contributed by atoms with van der Waals surface area (Å²) in [5.41, 5.74) is -0.0519. The van der Waals surface area contributed by atoms with Crippen LogP contribution in [-0.4, -0.2) is 123 Å². The number of rotatable bonds is 20. The summed E-state index contributed by atoms with van der Waals surface area (Å²) in [6, 6.07) is 24.1. The molecule has 11 atom stereocenters. The molecule has 0 spiro atoms. The predicted molar refractivity (Wildman–Crippen MR) is 226 cm³/mol. The number of methoxy groups -OCH3 is 1. The van der Waals surface area contributed by atoms with Gasteiger partial charge in [0.25, 0.3) is 0 Å². The van der Waals surface area contributed by atoms with Crippen molar-refractivity contribution < 1.29 is 80.9 Å². The van der Waals surface area contributed by atoms with Crippen LogP contribution in [0.25, 0.3) is 0 Å². The number of carbonyl (C=O) groups is 6. The van der Waals surface area contributed by atoms with Crippen molar-refractivity contribution >= 4 is 35.8 Å². The van der Waals surface area contributed by atoms with Crippen LogP contribution in [0.2, 0.25) is 0 Å². The van der Waals surface area contributed by atoms with E-state index in [4.69, 9.17) is 52.1 Å². The fourth-order valence-corrected chi connectivity index (χ4v) is 7.99. The fraction of sp³-hybridized carbons (Fsp3) is 0.489. The van der Waals surface area contributed by atoms with Gasteiger partial charge in [0.15, 0.2) is 36.3 Å². The topological polar surface area (TPSA) is 216 Å². The van der Waals surface area contributed by atoms with Gasteiger partial charge in [0.1, 0.15) is 31.5 Å². The second-order valence-corrected chi connectivity index (χ2v) is 15.5. The molecule has 0 amide bonds. The Balaban J connectivity index is 1.76. The highest BCUT2D eigenvalue weighted by Gasteiger charge is 2.67. The van der Waals surface area contributed by atoms with Crippen LogP contribution in [0.3, 0.4) is 0 Å². The SMILES string of the molecule is CO[C@@H]1O[C@H](COC(C)=O)[C@@H](N[C@@H]2[C@H](OC(C)=O)[C@@H](OC(C)=O)[C@H](OCc3ccccc3)[C@](COC(C)=O)(OCc3ccccc3)[C@H]2OC(C)=O)[C@H](OC(C)=O)[C@H]1OCc1ccccc1. The Labute approximate surface area is 377 Å². The summed E-state index contributed by atoms with van der Waals surface area (Å²) in [5, 5.41) is 3.36. The van der Waals surface area contributed by atoms with Gasteiger partial charge in [-0.3, -0.25) is 34.1 Å². The molecule has 0 radical (unpaired) electrons. The third kappa shape index (κ3) is 13.9. The van der Waals surface area contributed by atoms with E-state index in [-0.39, 0.29) is 19.8 Å². The molecule has 65 heavy (non-hydrogen) atoms. The van der Waals surface area contributed by atoms with Crippen molar-refractivity contribution in [3.63, 3.8) is 0 Å². The van der Waals surface area contributed by atoms with Crippen molar-refractivity contribution in [2.75, 3.05) is 20.3 Å². The Morgan fingerprint density at radius 3 is 1.46 bits per heavy atom. The summed E-state index contributed by atoms with van der Waals surface area (Å²) in [5.74, 6) is -4.73. The normalized spacial score (nSPS) is 27.4. The van der Waals surface area contributed by atoms with Gasteiger partial charge >= 0.3 is 35.8 Å². The highest BCUT2D eigenvalue weighted by Crippen LogP contribution is 2.43. The smallest absolute Gasteiger partial charge is 0.303 e. The number of benzene rings is 3. The van der Waals surface area contributed by atoms with Crippen molar-refractivity contribution in [3.8, 4) is 0 Å². The third-order valence-corrected chi connectivity index (χ3v) is 10.6. The summed E-state index contributed by atoms with van der Waals surface area (Å²) in [4.78, 5) is 78.2. The zero-order chi connectivity index (χ0) is 47.1. The Morgan fingerprint density at radius 1 is 0.523 bits per heavy atom. The Kier molecular flexibility index (Phi) is 18.5. The molecular weight excluding hydrogens is 851 g/mol. The van der Waals surface area contributed by atoms with Crippen molar-refractivity contribution in [3.05, 3.63) is 108 Å². The van der Waals surface area contributed by atoms with Gasteiger partial charge < -0.3 is 52.1 Å². The molecule has 2 fully saturated rings.